The molecule has 180 valence electrons. The highest BCUT2D eigenvalue weighted by molar-refractivity contribution is 5.72. The minimum Gasteiger partial charge on any atom is -0.492 e. The molecule has 8 heteroatoms. The van der Waals surface area contributed by atoms with Gasteiger partial charge in [0.1, 0.15) is 23.9 Å². The van der Waals surface area contributed by atoms with Gasteiger partial charge in [-0.25, -0.2) is 14.0 Å². The third-order valence-electron chi connectivity index (χ3n) is 4.85. The van der Waals surface area contributed by atoms with E-state index >= 15 is 0 Å². The van der Waals surface area contributed by atoms with Crippen LogP contribution in [0.25, 0.3) is 0 Å². The normalized spacial score (nSPS) is 11.8. The first-order valence-electron chi connectivity index (χ1n) is 11.1. The molecule has 0 saturated heterocycles. The van der Waals surface area contributed by atoms with Crippen LogP contribution in [0.15, 0.2) is 48.5 Å². The minimum absolute atomic E-state index is 0.151. The fourth-order valence-electron chi connectivity index (χ4n) is 3.03. The third-order valence-corrected chi connectivity index (χ3v) is 4.85. The van der Waals surface area contributed by atoms with Gasteiger partial charge in [-0.05, 0) is 49.1 Å². The topological polar surface area (TPSA) is 85.3 Å². The lowest BCUT2D eigenvalue weighted by Gasteiger charge is -2.23. The van der Waals surface area contributed by atoms with Crippen molar-refractivity contribution in [3.8, 4) is 11.5 Å². The number of rotatable bonds is 13. The predicted octanol–water partition coefficient (Wildman–Crippen LogP) is 4.78. The Labute approximate surface area is 194 Å². The molecule has 0 fully saturated rings. The highest BCUT2D eigenvalue weighted by atomic mass is 19.1. The molecule has 0 spiro atoms. The van der Waals surface area contributed by atoms with E-state index in [9.17, 15) is 19.1 Å². The van der Waals surface area contributed by atoms with Crippen molar-refractivity contribution < 1.29 is 33.3 Å². The molecule has 2 aromatic carbocycles. The molecule has 33 heavy (non-hydrogen) atoms. The zero-order chi connectivity index (χ0) is 24.2. The molecule has 0 saturated carbocycles. The van der Waals surface area contributed by atoms with Gasteiger partial charge in [-0.3, -0.25) is 0 Å². The Morgan fingerprint density at radius 2 is 1.79 bits per heavy atom. The van der Waals surface area contributed by atoms with Gasteiger partial charge in [0.2, 0.25) is 0 Å². The van der Waals surface area contributed by atoms with Crippen molar-refractivity contribution in [2.24, 2.45) is 5.92 Å². The summed E-state index contributed by atoms with van der Waals surface area (Å²) >= 11 is 0. The monoisotopic (exact) mass is 461 g/mol. The number of carbonyl (C=O) groups excluding carboxylic acids is 1. The smallest absolute Gasteiger partial charge is 0.415 e. The van der Waals surface area contributed by atoms with Crippen LogP contribution in [0.4, 0.5) is 9.18 Å². The number of hydrogen-bond donors (Lipinski definition) is 1. The second-order valence-corrected chi connectivity index (χ2v) is 7.97. The summed E-state index contributed by atoms with van der Waals surface area (Å²) in [6, 6.07) is 12.5. The number of carboxylic acids is 1. The van der Waals surface area contributed by atoms with E-state index < -0.39 is 24.0 Å². The van der Waals surface area contributed by atoms with Gasteiger partial charge in [0, 0.05) is 25.6 Å². The molecule has 2 aromatic rings. The molecular weight excluding hydrogens is 429 g/mol. The van der Waals surface area contributed by atoms with Crippen molar-refractivity contribution in [1.82, 2.24) is 4.90 Å². The molecule has 1 unspecified atom stereocenters. The van der Waals surface area contributed by atoms with Crippen LogP contribution in [0.3, 0.4) is 0 Å². The Bertz CT molecular complexity index is 887. The summed E-state index contributed by atoms with van der Waals surface area (Å²) in [6.07, 6.45) is -0.396. The van der Waals surface area contributed by atoms with Crippen molar-refractivity contribution in [2.75, 3.05) is 26.3 Å². The van der Waals surface area contributed by atoms with Gasteiger partial charge in [0.25, 0.3) is 0 Å². The van der Waals surface area contributed by atoms with E-state index in [2.05, 4.69) is 13.8 Å². The number of hydrogen-bond acceptors (Lipinski definition) is 5. The molecule has 7 nitrogen and oxygen atoms in total. The molecule has 0 aliphatic heterocycles. The van der Waals surface area contributed by atoms with E-state index in [0.29, 0.717) is 31.4 Å². The Morgan fingerprint density at radius 3 is 2.39 bits per heavy atom. The number of amides is 1. The van der Waals surface area contributed by atoms with Crippen LogP contribution in [0.2, 0.25) is 0 Å². The SMILES string of the molecule is CCOC(Cc1ccc(OCCN(CCC(C)C)C(=O)Oc2cccc(F)c2)cc1)C(=O)O. The van der Waals surface area contributed by atoms with E-state index in [1.807, 2.05) is 0 Å². The number of carboxylic acid groups (broad SMARTS) is 1. The summed E-state index contributed by atoms with van der Waals surface area (Å²) in [4.78, 5) is 25.4. The highest BCUT2D eigenvalue weighted by Crippen LogP contribution is 2.16. The van der Waals surface area contributed by atoms with Crippen LogP contribution in [0.1, 0.15) is 32.8 Å². The van der Waals surface area contributed by atoms with E-state index in [-0.39, 0.29) is 18.8 Å². The largest absolute Gasteiger partial charge is 0.492 e. The predicted molar refractivity (Wildman–Crippen MR) is 122 cm³/mol. The van der Waals surface area contributed by atoms with E-state index in [1.165, 1.54) is 18.2 Å². The van der Waals surface area contributed by atoms with E-state index in [1.54, 1.807) is 36.1 Å². The first-order valence-corrected chi connectivity index (χ1v) is 11.1. The molecule has 1 N–H and O–H groups in total. The van der Waals surface area contributed by atoms with Crippen molar-refractivity contribution in [3.63, 3.8) is 0 Å². The van der Waals surface area contributed by atoms with Crippen LogP contribution in [0.5, 0.6) is 11.5 Å². The molecule has 1 amide bonds. The fraction of sp³-hybridized carbons (Fsp3) is 0.440. The van der Waals surface area contributed by atoms with Crippen molar-refractivity contribution in [1.29, 1.82) is 0 Å². The minimum atomic E-state index is -0.996. The molecule has 2 rings (SSSR count). The molecule has 1 atom stereocenters. The maximum atomic E-state index is 13.4. The number of halogens is 1. The standard InChI is InChI=1S/C25H32FNO6/c1-4-31-23(24(28)29)16-19-8-10-21(11-9-19)32-15-14-27(13-12-18(2)3)25(30)33-22-7-5-6-20(26)17-22/h5-11,17-18,23H,4,12-16H2,1-3H3,(H,28,29). The van der Waals surface area contributed by atoms with Crippen LogP contribution in [-0.4, -0.2) is 54.5 Å². The Balaban J connectivity index is 1.91. The fourth-order valence-corrected chi connectivity index (χ4v) is 3.03. The number of benzene rings is 2. The summed E-state index contributed by atoms with van der Waals surface area (Å²) in [5.74, 6) is -0.322. The van der Waals surface area contributed by atoms with Gasteiger partial charge in [0.05, 0.1) is 6.54 Å². The van der Waals surface area contributed by atoms with Gasteiger partial charge in [-0.2, -0.15) is 0 Å². The average molecular weight is 462 g/mol. The molecule has 0 aliphatic carbocycles. The molecule has 0 heterocycles. The Kier molecular flexibility index (Phi) is 10.6. The van der Waals surface area contributed by atoms with Crippen LogP contribution >= 0.6 is 0 Å². The van der Waals surface area contributed by atoms with Crippen LogP contribution < -0.4 is 9.47 Å². The number of ether oxygens (including phenoxy) is 3. The zero-order valence-corrected chi connectivity index (χ0v) is 19.3. The molecular formula is C25H32FNO6. The van der Waals surface area contributed by atoms with Gasteiger partial charge in [-0.1, -0.05) is 32.0 Å². The van der Waals surface area contributed by atoms with Crippen molar-refractivity contribution >= 4 is 12.1 Å². The lowest BCUT2D eigenvalue weighted by Crippen LogP contribution is -2.38. The molecule has 0 aromatic heterocycles. The van der Waals surface area contributed by atoms with Gasteiger partial charge < -0.3 is 24.2 Å². The average Bonchev–Trinajstić information content (AvgIpc) is 2.76. The maximum absolute atomic E-state index is 13.4. The molecule has 0 radical (unpaired) electrons. The van der Waals surface area contributed by atoms with E-state index in [4.69, 9.17) is 14.2 Å². The number of aliphatic carboxylic acids is 1. The highest BCUT2D eigenvalue weighted by Gasteiger charge is 2.19. The van der Waals surface area contributed by atoms with Gasteiger partial charge in [0.15, 0.2) is 6.10 Å². The summed E-state index contributed by atoms with van der Waals surface area (Å²) < 4.78 is 29.7. The quantitative estimate of drug-likeness (QED) is 0.462. The van der Waals surface area contributed by atoms with Crippen LogP contribution in [0, 0.1) is 11.7 Å². The first kappa shape index (κ1) is 26.1. The number of nitrogens with zero attached hydrogens (tertiary/aromatic N) is 1. The summed E-state index contributed by atoms with van der Waals surface area (Å²) in [5.41, 5.74) is 0.820. The van der Waals surface area contributed by atoms with Gasteiger partial charge in [-0.15, -0.1) is 0 Å². The lowest BCUT2D eigenvalue weighted by atomic mass is 10.1. The second kappa shape index (κ2) is 13.4. The van der Waals surface area contributed by atoms with Crippen molar-refractivity contribution in [3.05, 3.63) is 59.9 Å². The van der Waals surface area contributed by atoms with Crippen LogP contribution in [-0.2, 0) is 16.0 Å². The van der Waals surface area contributed by atoms with Gasteiger partial charge >= 0.3 is 12.1 Å². The summed E-state index contributed by atoms with van der Waals surface area (Å²) in [6.45, 7) is 7.24. The first-order chi connectivity index (χ1) is 15.8. The van der Waals surface area contributed by atoms with E-state index in [0.717, 1.165) is 18.1 Å². The second-order valence-electron chi connectivity index (χ2n) is 7.97. The summed E-state index contributed by atoms with van der Waals surface area (Å²) in [7, 11) is 0. The lowest BCUT2D eigenvalue weighted by molar-refractivity contribution is -0.149. The maximum Gasteiger partial charge on any atom is 0.415 e. The Hall–Kier alpha value is -3.13. The molecule has 0 bridgehead atoms. The Morgan fingerprint density at radius 1 is 1.06 bits per heavy atom. The zero-order valence-electron chi connectivity index (χ0n) is 19.3. The summed E-state index contributed by atoms with van der Waals surface area (Å²) in [5, 5.41) is 9.21. The number of carbonyl (C=O) groups is 2. The third kappa shape index (κ3) is 9.49. The molecule has 0 aliphatic rings. The van der Waals surface area contributed by atoms with Crippen molar-refractivity contribution in [2.45, 2.75) is 39.7 Å².